The first-order chi connectivity index (χ1) is 19.0. The maximum absolute atomic E-state index is 12.7. The van der Waals surface area contributed by atoms with Gasteiger partial charge in [0.05, 0.1) is 0 Å². The first kappa shape index (κ1) is 32.0. The van der Waals surface area contributed by atoms with Crippen LogP contribution in [0.3, 0.4) is 0 Å². The van der Waals surface area contributed by atoms with Gasteiger partial charge in [0.25, 0.3) is 0 Å². The van der Waals surface area contributed by atoms with Crippen molar-refractivity contribution in [2.24, 2.45) is 0 Å². The second-order valence-corrected chi connectivity index (χ2v) is 8.93. The van der Waals surface area contributed by atoms with E-state index >= 15 is 0 Å². The van der Waals surface area contributed by atoms with Gasteiger partial charge < -0.3 is 39.6 Å². The highest BCUT2D eigenvalue weighted by atomic mass is 16.6. The van der Waals surface area contributed by atoms with Crippen LogP contribution in [0.1, 0.15) is 46.1 Å². The predicted molar refractivity (Wildman–Crippen MR) is 136 cm³/mol. The predicted octanol–water partition coefficient (Wildman–Crippen LogP) is 0.465. The SMILES string of the molecule is CC(=O)N[C@@H]1[C@@H](OC(C)=O)[C@H](OC(C)=O)[C@@H](COC(C)=O)O[C@H]1NC(=O)CCCNC(=O)OCc1ccccc1. The average Bonchev–Trinajstić information content (AvgIpc) is 2.87. The van der Waals surface area contributed by atoms with Crippen molar-refractivity contribution in [2.75, 3.05) is 13.2 Å². The molecule has 0 saturated carbocycles. The number of ether oxygens (including phenoxy) is 5. The molecule has 1 fully saturated rings. The zero-order chi connectivity index (χ0) is 29.7. The van der Waals surface area contributed by atoms with E-state index in [0.29, 0.717) is 0 Å². The Morgan fingerprint density at radius 1 is 0.825 bits per heavy atom. The lowest BCUT2D eigenvalue weighted by Crippen LogP contribution is -2.69. The fourth-order valence-corrected chi connectivity index (χ4v) is 3.90. The van der Waals surface area contributed by atoms with Gasteiger partial charge >= 0.3 is 24.0 Å². The van der Waals surface area contributed by atoms with Gasteiger partial charge in [0.2, 0.25) is 11.8 Å². The van der Waals surface area contributed by atoms with Crippen molar-refractivity contribution in [3.05, 3.63) is 35.9 Å². The van der Waals surface area contributed by atoms with E-state index in [1.165, 1.54) is 6.92 Å². The number of carbonyl (C=O) groups is 6. The zero-order valence-electron chi connectivity index (χ0n) is 22.8. The highest BCUT2D eigenvalue weighted by Gasteiger charge is 2.51. The van der Waals surface area contributed by atoms with Crippen LogP contribution in [0.25, 0.3) is 0 Å². The molecule has 14 nitrogen and oxygen atoms in total. The van der Waals surface area contributed by atoms with Crippen molar-refractivity contribution < 1.29 is 52.5 Å². The van der Waals surface area contributed by atoms with Gasteiger partial charge in [0.1, 0.15) is 25.4 Å². The summed E-state index contributed by atoms with van der Waals surface area (Å²) in [5.74, 6) is -3.19. The number of esters is 3. The molecule has 1 aliphatic rings. The van der Waals surface area contributed by atoms with Gasteiger partial charge in [0.15, 0.2) is 18.4 Å². The lowest BCUT2D eigenvalue weighted by Gasteiger charge is -2.45. The molecule has 1 heterocycles. The first-order valence-corrected chi connectivity index (χ1v) is 12.6. The number of nitrogens with one attached hydrogen (secondary N) is 3. The second kappa shape index (κ2) is 16.0. The van der Waals surface area contributed by atoms with Crippen LogP contribution < -0.4 is 16.0 Å². The van der Waals surface area contributed by atoms with Gasteiger partial charge in [-0.1, -0.05) is 30.3 Å². The van der Waals surface area contributed by atoms with Crippen LogP contribution in [0.5, 0.6) is 0 Å². The normalized spacial score (nSPS) is 21.8. The van der Waals surface area contributed by atoms with Crippen LogP contribution in [0.4, 0.5) is 4.79 Å². The van der Waals surface area contributed by atoms with Crippen molar-refractivity contribution in [2.45, 2.75) is 77.7 Å². The second-order valence-electron chi connectivity index (χ2n) is 8.93. The van der Waals surface area contributed by atoms with Crippen LogP contribution in [0.15, 0.2) is 30.3 Å². The molecule has 0 bridgehead atoms. The third kappa shape index (κ3) is 11.3. The molecule has 1 aromatic carbocycles. The molecule has 3 amide bonds. The highest BCUT2D eigenvalue weighted by Crippen LogP contribution is 2.26. The molecule has 3 N–H and O–H groups in total. The molecule has 14 heteroatoms. The fourth-order valence-electron chi connectivity index (χ4n) is 3.90. The third-order valence-electron chi connectivity index (χ3n) is 5.48. The smallest absolute Gasteiger partial charge is 0.407 e. The maximum atomic E-state index is 12.7. The average molecular weight is 566 g/mol. The minimum absolute atomic E-state index is 0.0498. The molecule has 0 spiro atoms. The summed E-state index contributed by atoms with van der Waals surface area (Å²) >= 11 is 0. The molecule has 0 aromatic heterocycles. The van der Waals surface area contributed by atoms with E-state index in [1.807, 2.05) is 30.3 Å². The lowest BCUT2D eigenvalue weighted by molar-refractivity contribution is -0.228. The largest absolute Gasteiger partial charge is 0.463 e. The fraction of sp³-hybridized carbons (Fsp3) is 0.538. The molecule has 0 aliphatic carbocycles. The number of rotatable bonds is 12. The monoisotopic (exact) mass is 565 g/mol. The number of hydrogen-bond acceptors (Lipinski definition) is 11. The molecule has 1 saturated heterocycles. The van der Waals surface area contributed by atoms with E-state index in [0.717, 1.165) is 26.3 Å². The van der Waals surface area contributed by atoms with Crippen LogP contribution >= 0.6 is 0 Å². The van der Waals surface area contributed by atoms with E-state index in [2.05, 4.69) is 16.0 Å². The van der Waals surface area contributed by atoms with E-state index in [1.54, 1.807) is 0 Å². The topological polar surface area (TPSA) is 185 Å². The molecule has 1 aliphatic heterocycles. The van der Waals surface area contributed by atoms with E-state index in [4.69, 9.17) is 23.7 Å². The third-order valence-corrected chi connectivity index (χ3v) is 5.48. The van der Waals surface area contributed by atoms with Gasteiger partial charge in [-0.25, -0.2) is 4.79 Å². The summed E-state index contributed by atoms with van der Waals surface area (Å²) in [6, 6.07) is 7.97. The van der Waals surface area contributed by atoms with Crippen LogP contribution in [0, 0.1) is 0 Å². The van der Waals surface area contributed by atoms with Gasteiger partial charge in [-0.15, -0.1) is 0 Å². The Bertz CT molecular complexity index is 1050. The van der Waals surface area contributed by atoms with Crippen molar-refractivity contribution in [3.8, 4) is 0 Å². The van der Waals surface area contributed by atoms with Gasteiger partial charge in [-0.2, -0.15) is 0 Å². The zero-order valence-corrected chi connectivity index (χ0v) is 22.8. The Balaban J connectivity index is 2.03. The standard InChI is InChI=1S/C26H35N3O11/c1-15(30)28-22-24(39-18(4)33)23(38-17(3)32)20(14-36-16(2)31)40-25(22)29-21(34)11-8-12-27-26(35)37-13-19-9-6-5-7-10-19/h5-7,9-10,20,22-25H,8,11-14H2,1-4H3,(H,27,35)(H,28,30)(H,29,34)/t20-,22-,23-,24-,25-/m1/s1. The molecule has 0 radical (unpaired) electrons. The highest BCUT2D eigenvalue weighted by molar-refractivity contribution is 5.77. The van der Waals surface area contributed by atoms with Gasteiger partial charge in [0, 0.05) is 40.7 Å². The van der Waals surface area contributed by atoms with E-state index < -0.39 is 66.4 Å². The summed E-state index contributed by atoms with van der Waals surface area (Å²) in [6.45, 7) is 4.47. The summed E-state index contributed by atoms with van der Waals surface area (Å²) < 4.78 is 26.7. The number of benzene rings is 1. The van der Waals surface area contributed by atoms with Crippen LogP contribution in [0.2, 0.25) is 0 Å². The summed E-state index contributed by atoms with van der Waals surface area (Å²) in [5, 5.41) is 7.72. The number of alkyl carbamates (subject to hydrolysis) is 1. The van der Waals surface area contributed by atoms with Crippen LogP contribution in [-0.4, -0.2) is 79.5 Å². The van der Waals surface area contributed by atoms with Crippen molar-refractivity contribution >= 4 is 35.8 Å². The van der Waals surface area contributed by atoms with E-state index in [-0.39, 0.29) is 32.6 Å². The molecular weight excluding hydrogens is 530 g/mol. The summed E-state index contributed by atoms with van der Waals surface area (Å²) in [5.41, 5.74) is 0.827. The molecule has 40 heavy (non-hydrogen) atoms. The Morgan fingerprint density at radius 2 is 1.48 bits per heavy atom. The number of carbonyl (C=O) groups excluding carboxylic acids is 6. The Labute approximate surface area is 231 Å². The lowest BCUT2D eigenvalue weighted by atomic mass is 9.95. The molecule has 0 unspecified atom stereocenters. The Morgan fingerprint density at radius 3 is 2.08 bits per heavy atom. The Kier molecular flexibility index (Phi) is 12.8. The van der Waals surface area contributed by atoms with E-state index in [9.17, 15) is 28.8 Å². The van der Waals surface area contributed by atoms with Gasteiger partial charge in [-0.3, -0.25) is 24.0 Å². The summed E-state index contributed by atoms with van der Waals surface area (Å²) in [7, 11) is 0. The molecule has 5 atom stereocenters. The Hall–Kier alpha value is -4.20. The summed E-state index contributed by atoms with van der Waals surface area (Å²) in [6.07, 6.45) is -5.40. The van der Waals surface area contributed by atoms with Gasteiger partial charge in [-0.05, 0) is 12.0 Å². The molecule has 2 rings (SSSR count). The van der Waals surface area contributed by atoms with Crippen molar-refractivity contribution in [1.29, 1.82) is 0 Å². The summed E-state index contributed by atoms with van der Waals surface area (Å²) in [4.78, 5) is 71.7. The van der Waals surface area contributed by atoms with Crippen LogP contribution in [-0.2, 0) is 54.3 Å². The number of hydrogen-bond donors (Lipinski definition) is 3. The molecular formula is C26H35N3O11. The minimum Gasteiger partial charge on any atom is -0.463 e. The maximum Gasteiger partial charge on any atom is 0.407 e. The minimum atomic E-state index is -1.29. The quantitative estimate of drug-likeness (QED) is 0.182. The van der Waals surface area contributed by atoms with Crippen molar-refractivity contribution in [1.82, 2.24) is 16.0 Å². The first-order valence-electron chi connectivity index (χ1n) is 12.6. The molecule has 1 aromatic rings. The number of amides is 3. The molecule has 220 valence electrons. The van der Waals surface area contributed by atoms with Crippen molar-refractivity contribution in [3.63, 3.8) is 0 Å².